The summed E-state index contributed by atoms with van der Waals surface area (Å²) in [6.45, 7) is 7.11. The molecule has 0 aliphatic carbocycles. The number of hydrogen-bond donors (Lipinski definition) is 3. The average molecular weight is 271 g/mol. The predicted octanol–water partition coefficient (Wildman–Crippen LogP) is 3.24. The Morgan fingerprint density at radius 2 is 1.85 bits per heavy atom. The molecule has 20 heavy (non-hydrogen) atoms. The molecule has 0 spiro atoms. The highest BCUT2D eigenvalue weighted by molar-refractivity contribution is 5.63. The van der Waals surface area contributed by atoms with Gasteiger partial charge in [0.15, 0.2) is 0 Å². The highest BCUT2D eigenvalue weighted by Gasteiger charge is 2.04. The fourth-order valence-corrected chi connectivity index (χ4v) is 1.97. The van der Waals surface area contributed by atoms with Crippen LogP contribution < -0.4 is 16.4 Å². The molecule has 0 unspecified atom stereocenters. The molecular weight excluding hydrogens is 250 g/mol. The average Bonchev–Trinajstić information content (AvgIpc) is 2.39. The summed E-state index contributed by atoms with van der Waals surface area (Å²) < 4.78 is 0. The van der Waals surface area contributed by atoms with Gasteiger partial charge in [0.05, 0.1) is 0 Å². The van der Waals surface area contributed by atoms with Gasteiger partial charge in [0, 0.05) is 18.3 Å². The standard InChI is InChI=1S/C15H21N5/c1-4-7-17-13-9-14(20-15(16)19-13)18-12-6-5-10(2)8-11(12)3/h5-6,8-9H,4,7H2,1-3H3,(H4,16,17,18,19,20). The number of anilines is 4. The molecule has 5 nitrogen and oxygen atoms in total. The molecule has 2 rings (SSSR count). The zero-order valence-electron chi connectivity index (χ0n) is 12.2. The molecular formula is C15H21N5. The van der Waals surface area contributed by atoms with Crippen molar-refractivity contribution in [2.75, 3.05) is 22.9 Å². The Hall–Kier alpha value is -2.30. The fourth-order valence-electron chi connectivity index (χ4n) is 1.97. The Labute approximate surface area is 119 Å². The second-order valence-electron chi connectivity index (χ2n) is 4.87. The van der Waals surface area contributed by atoms with Gasteiger partial charge < -0.3 is 16.4 Å². The molecule has 0 radical (unpaired) electrons. The summed E-state index contributed by atoms with van der Waals surface area (Å²) in [5.41, 5.74) is 9.18. The molecule has 0 aliphatic heterocycles. The molecule has 1 heterocycles. The third-order valence-electron chi connectivity index (χ3n) is 2.94. The molecule has 1 aromatic carbocycles. The van der Waals surface area contributed by atoms with Gasteiger partial charge in [-0.3, -0.25) is 0 Å². The van der Waals surface area contributed by atoms with Crippen molar-refractivity contribution in [3.8, 4) is 0 Å². The van der Waals surface area contributed by atoms with Gasteiger partial charge in [0.2, 0.25) is 5.95 Å². The Morgan fingerprint density at radius 1 is 1.10 bits per heavy atom. The van der Waals surface area contributed by atoms with Crippen molar-refractivity contribution in [1.82, 2.24) is 9.97 Å². The lowest BCUT2D eigenvalue weighted by atomic mass is 10.1. The summed E-state index contributed by atoms with van der Waals surface area (Å²) in [5, 5.41) is 6.50. The number of nitrogens with one attached hydrogen (secondary N) is 2. The Kier molecular flexibility index (Phi) is 4.40. The normalized spacial score (nSPS) is 10.3. The first kappa shape index (κ1) is 14.1. The lowest BCUT2D eigenvalue weighted by Gasteiger charge is -2.11. The topological polar surface area (TPSA) is 75.9 Å². The van der Waals surface area contributed by atoms with Crippen LogP contribution in [0.5, 0.6) is 0 Å². The van der Waals surface area contributed by atoms with E-state index < -0.39 is 0 Å². The molecule has 0 saturated heterocycles. The summed E-state index contributed by atoms with van der Waals surface area (Å²) in [6, 6.07) is 8.10. The number of aromatic nitrogens is 2. The van der Waals surface area contributed by atoms with Crippen molar-refractivity contribution in [2.45, 2.75) is 27.2 Å². The van der Waals surface area contributed by atoms with E-state index in [1.54, 1.807) is 0 Å². The van der Waals surface area contributed by atoms with E-state index in [0.717, 1.165) is 24.5 Å². The monoisotopic (exact) mass is 271 g/mol. The van der Waals surface area contributed by atoms with E-state index in [9.17, 15) is 0 Å². The molecule has 4 N–H and O–H groups in total. The zero-order chi connectivity index (χ0) is 14.5. The molecule has 106 valence electrons. The first-order valence-corrected chi connectivity index (χ1v) is 6.81. The van der Waals surface area contributed by atoms with Gasteiger partial charge >= 0.3 is 0 Å². The van der Waals surface area contributed by atoms with Crippen LogP contribution in [-0.4, -0.2) is 16.5 Å². The highest BCUT2D eigenvalue weighted by atomic mass is 15.1. The smallest absolute Gasteiger partial charge is 0.223 e. The van der Waals surface area contributed by atoms with Crippen LogP contribution in [0, 0.1) is 13.8 Å². The minimum Gasteiger partial charge on any atom is -0.370 e. The first-order chi connectivity index (χ1) is 9.58. The van der Waals surface area contributed by atoms with E-state index >= 15 is 0 Å². The summed E-state index contributed by atoms with van der Waals surface area (Å²) in [7, 11) is 0. The van der Waals surface area contributed by atoms with E-state index in [0.29, 0.717) is 5.82 Å². The lowest BCUT2D eigenvalue weighted by molar-refractivity contribution is 0.967. The van der Waals surface area contributed by atoms with Crippen LogP contribution in [0.25, 0.3) is 0 Å². The zero-order valence-corrected chi connectivity index (χ0v) is 12.2. The molecule has 5 heteroatoms. The molecule has 0 aliphatic rings. The molecule has 0 amide bonds. The van der Waals surface area contributed by atoms with Crippen LogP contribution in [0.3, 0.4) is 0 Å². The predicted molar refractivity (Wildman–Crippen MR) is 84.4 cm³/mol. The number of aryl methyl sites for hydroxylation is 2. The maximum absolute atomic E-state index is 5.74. The van der Waals surface area contributed by atoms with Gasteiger partial charge in [-0.2, -0.15) is 9.97 Å². The van der Waals surface area contributed by atoms with Crippen molar-refractivity contribution in [3.63, 3.8) is 0 Å². The number of hydrogen-bond acceptors (Lipinski definition) is 5. The fraction of sp³-hybridized carbons (Fsp3) is 0.333. The highest BCUT2D eigenvalue weighted by Crippen LogP contribution is 2.22. The van der Waals surface area contributed by atoms with Gasteiger partial charge in [-0.05, 0) is 31.9 Å². The molecule has 2 aromatic rings. The van der Waals surface area contributed by atoms with Crippen molar-refractivity contribution >= 4 is 23.3 Å². The number of nitrogens with two attached hydrogens (primary N) is 1. The van der Waals surface area contributed by atoms with E-state index in [2.05, 4.69) is 53.5 Å². The minimum atomic E-state index is 0.262. The summed E-state index contributed by atoms with van der Waals surface area (Å²) in [6.07, 6.45) is 1.03. The van der Waals surface area contributed by atoms with Crippen molar-refractivity contribution in [3.05, 3.63) is 35.4 Å². The third kappa shape index (κ3) is 3.60. The van der Waals surface area contributed by atoms with Crippen LogP contribution >= 0.6 is 0 Å². The Balaban J connectivity index is 2.21. The Morgan fingerprint density at radius 3 is 2.55 bits per heavy atom. The van der Waals surface area contributed by atoms with Gasteiger partial charge in [0.25, 0.3) is 0 Å². The van der Waals surface area contributed by atoms with Crippen LogP contribution in [0.2, 0.25) is 0 Å². The number of rotatable bonds is 5. The van der Waals surface area contributed by atoms with Crippen LogP contribution in [0.1, 0.15) is 24.5 Å². The van der Waals surface area contributed by atoms with E-state index in [-0.39, 0.29) is 5.95 Å². The second-order valence-corrected chi connectivity index (χ2v) is 4.87. The molecule has 0 bridgehead atoms. The molecule has 1 aromatic heterocycles. The van der Waals surface area contributed by atoms with Crippen LogP contribution in [-0.2, 0) is 0 Å². The third-order valence-corrected chi connectivity index (χ3v) is 2.94. The van der Waals surface area contributed by atoms with Gasteiger partial charge in [-0.25, -0.2) is 0 Å². The number of nitrogen functional groups attached to an aromatic ring is 1. The number of nitrogens with zero attached hydrogens (tertiary/aromatic N) is 2. The summed E-state index contributed by atoms with van der Waals surface area (Å²) in [4.78, 5) is 8.38. The van der Waals surface area contributed by atoms with Crippen molar-refractivity contribution in [2.24, 2.45) is 0 Å². The van der Waals surface area contributed by atoms with Gasteiger partial charge in [0.1, 0.15) is 11.6 Å². The maximum atomic E-state index is 5.74. The summed E-state index contributed by atoms with van der Waals surface area (Å²) >= 11 is 0. The van der Waals surface area contributed by atoms with Crippen LogP contribution in [0.4, 0.5) is 23.3 Å². The quantitative estimate of drug-likeness (QED) is 0.778. The van der Waals surface area contributed by atoms with E-state index in [4.69, 9.17) is 5.73 Å². The lowest BCUT2D eigenvalue weighted by Crippen LogP contribution is -2.07. The van der Waals surface area contributed by atoms with Gasteiger partial charge in [-0.1, -0.05) is 24.6 Å². The first-order valence-electron chi connectivity index (χ1n) is 6.81. The van der Waals surface area contributed by atoms with E-state index in [1.807, 2.05) is 12.1 Å². The maximum Gasteiger partial charge on any atom is 0.223 e. The molecule has 0 fully saturated rings. The second kappa shape index (κ2) is 6.23. The Bertz CT molecular complexity index is 595. The van der Waals surface area contributed by atoms with Crippen LogP contribution in [0.15, 0.2) is 24.3 Å². The molecule has 0 saturated carbocycles. The number of benzene rings is 1. The molecule has 0 atom stereocenters. The van der Waals surface area contributed by atoms with Crippen molar-refractivity contribution < 1.29 is 0 Å². The van der Waals surface area contributed by atoms with Crippen molar-refractivity contribution in [1.29, 1.82) is 0 Å². The van der Waals surface area contributed by atoms with E-state index in [1.165, 1.54) is 11.1 Å². The largest absolute Gasteiger partial charge is 0.370 e. The minimum absolute atomic E-state index is 0.262. The summed E-state index contributed by atoms with van der Waals surface area (Å²) in [5.74, 6) is 1.70. The SMILES string of the molecule is CCCNc1cc(Nc2ccc(C)cc2C)nc(N)n1. The van der Waals surface area contributed by atoms with Gasteiger partial charge in [-0.15, -0.1) is 0 Å².